The zero-order valence-corrected chi connectivity index (χ0v) is 17.3. The number of rotatable bonds is 5. The molecule has 4 heteroatoms. The van der Waals surface area contributed by atoms with Crippen LogP contribution in [-0.4, -0.2) is 11.1 Å². The molecule has 0 saturated heterocycles. The Hall–Kier alpha value is -3.32. The maximum absolute atomic E-state index is 12.4. The van der Waals surface area contributed by atoms with Crippen molar-refractivity contribution in [1.82, 2.24) is 10.5 Å². The van der Waals surface area contributed by atoms with E-state index in [0.29, 0.717) is 23.8 Å². The molecular weight excluding hydrogens is 372 g/mol. The van der Waals surface area contributed by atoms with E-state index < -0.39 is 0 Å². The fourth-order valence-corrected chi connectivity index (χ4v) is 3.67. The molecule has 152 valence electrons. The lowest BCUT2D eigenvalue weighted by Gasteiger charge is -2.03. The van der Waals surface area contributed by atoms with E-state index in [2.05, 4.69) is 41.4 Å². The van der Waals surface area contributed by atoms with Crippen molar-refractivity contribution in [2.45, 2.75) is 45.6 Å². The highest BCUT2D eigenvalue weighted by Gasteiger charge is 2.12. The van der Waals surface area contributed by atoms with Crippen LogP contribution in [0.2, 0.25) is 0 Å². The molecule has 30 heavy (non-hydrogen) atoms. The second kappa shape index (κ2) is 9.45. The van der Waals surface area contributed by atoms with Crippen molar-refractivity contribution < 1.29 is 9.32 Å². The summed E-state index contributed by atoms with van der Waals surface area (Å²) in [4.78, 5) is 12.4. The molecule has 1 amide bonds. The van der Waals surface area contributed by atoms with E-state index in [1.807, 2.05) is 42.5 Å². The second-order valence-electron chi connectivity index (χ2n) is 7.74. The van der Waals surface area contributed by atoms with Gasteiger partial charge in [0, 0.05) is 28.7 Å². The van der Waals surface area contributed by atoms with Crippen LogP contribution in [0.4, 0.5) is 0 Å². The minimum Gasteiger partial charge on any atom is -0.359 e. The minimum absolute atomic E-state index is 0.143. The summed E-state index contributed by atoms with van der Waals surface area (Å²) in [5.74, 6) is 7.59. The van der Waals surface area contributed by atoms with Gasteiger partial charge in [0.15, 0.2) is 5.76 Å². The average Bonchev–Trinajstić information content (AvgIpc) is 3.49. The maximum Gasteiger partial charge on any atom is 0.251 e. The van der Waals surface area contributed by atoms with Gasteiger partial charge in [-0.05, 0) is 49.1 Å². The van der Waals surface area contributed by atoms with Gasteiger partial charge >= 0.3 is 0 Å². The van der Waals surface area contributed by atoms with Gasteiger partial charge < -0.3 is 9.84 Å². The monoisotopic (exact) mass is 398 g/mol. The lowest BCUT2D eigenvalue weighted by atomic mass is 10.1. The smallest absolute Gasteiger partial charge is 0.251 e. The number of aryl methyl sites for hydroxylation is 1. The quantitative estimate of drug-likeness (QED) is 0.588. The van der Waals surface area contributed by atoms with Crippen LogP contribution in [0.3, 0.4) is 0 Å². The van der Waals surface area contributed by atoms with Crippen molar-refractivity contribution in [3.8, 4) is 23.1 Å². The van der Waals surface area contributed by atoms with E-state index in [1.54, 1.807) is 0 Å². The molecule has 4 nitrogen and oxygen atoms in total. The van der Waals surface area contributed by atoms with E-state index in [9.17, 15) is 4.79 Å². The highest BCUT2D eigenvalue weighted by Crippen LogP contribution is 2.24. The van der Waals surface area contributed by atoms with Crippen LogP contribution in [0.5, 0.6) is 0 Å². The number of benzene rings is 2. The van der Waals surface area contributed by atoms with E-state index in [-0.39, 0.29) is 5.91 Å². The summed E-state index contributed by atoms with van der Waals surface area (Å²) in [6.45, 7) is 2.42. The maximum atomic E-state index is 12.4. The SMILES string of the molecule is CCc1ccc(-c2cc(CNC(=O)c3ccc(C#CC4CCCC4)cc3)on2)cc1. The van der Waals surface area contributed by atoms with E-state index in [4.69, 9.17) is 4.52 Å². The van der Waals surface area contributed by atoms with Crippen molar-refractivity contribution in [3.63, 3.8) is 0 Å². The summed E-state index contributed by atoms with van der Waals surface area (Å²) < 4.78 is 5.38. The minimum atomic E-state index is -0.143. The van der Waals surface area contributed by atoms with Crippen molar-refractivity contribution in [2.75, 3.05) is 0 Å². The Morgan fingerprint density at radius 3 is 2.53 bits per heavy atom. The van der Waals surface area contributed by atoms with Gasteiger partial charge in [-0.2, -0.15) is 0 Å². The molecule has 1 aliphatic carbocycles. The standard InChI is InChI=1S/C26H26N2O2/c1-2-19-9-13-22(14-10-19)25-17-24(30-28-25)18-27-26(29)23-15-11-21(12-16-23)8-7-20-5-3-4-6-20/h9-17,20H,2-6,18H2,1H3,(H,27,29). The van der Waals surface area contributed by atoms with Crippen LogP contribution in [0, 0.1) is 17.8 Å². The molecule has 3 aromatic rings. The normalized spacial score (nSPS) is 13.6. The number of nitrogens with zero attached hydrogens (tertiary/aromatic N) is 1. The van der Waals surface area contributed by atoms with Gasteiger partial charge in [0.05, 0.1) is 6.54 Å². The number of hydrogen-bond donors (Lipinski definition) is 1. The van der Waals surface area contributed by atoms with Gasteiger partial charge in [-0.3, -0.25) is 4.79 Å². The first kappa shape index (κ1) is 20.0. The lowest BCUT2D eigenvalue weighted by Crippen LogP contribution is -2.22. The Labute approximate surface area is 177 Å². The molecule has 4 rings (SSSR count). The molecule has 0 atom stereocenters. The van der Waals surface area contributed by atoms with Crippen molar-refractivity contribution >= 4 is 5.91 Å². The number of carbonyl (C=O) groups is 1. The number of aromatic nitrogens is 1. The summed E-state index contributed by atoms with van der Waals surface area (Å²) in [7, 11) is 0. The van der Waals surface area contributed by atoms with E-state index in [0.717, 1.165) is 23.2 Å². The topological polar surface area (TPSA) is 55.1 Å². The number of nitrogens with one attached hydrogen (secondary N) is 1. The van der Waals surface area contributed by atoms with Gasteiger partial charge in [-0.25, -0.2) is 0 Å². The van der Waals surface area contributed by atoms with Gasteiger partial charge in [0.1, 0.15) is 5.69 Å². The first-order valence-electron chi connectivity index (χ1n) is 10.7. The van der Waals surface area contributed by atoms with Crippen molar-refractivity contribution in [3.05, 3.63) is 77.0 Å². The Balaban J connectivity index is 1.32. The summed E-state index contributed by atoms with van der Waals surface area (Å²) in [6.07, 6.45) is 6.00. The number of hydrogen-bond acceptors (Lipinski definition) is 3. The average molecular weight is 399 g/mol. The van der Waals surface area contributed by atoms with Crippen molar-refractivity contribution in [2.24, 2.45) is 5.92 Å². The van der Waals surface area contributed by atoms with Crippen LogP contribution < -0.4 is 5.32 Å². The summed E-state index contributed by atoms with van der Waals surface area (Å²) >= 11 is 0. The molecule has 1 aliphatic rings. The predicted molar refractivity (Wildman–Crippen MR) is 118 cm³/mol. The third-order valence-corrected chi connectivity index (χ3v) is 5.56. The molecule has 0 unspecified atom stereocenters. The Kier molecular flexibility index (Phi) is 6.29. The van der Waals surface area contributed by atoms with Crippen LogP contribution >= 0.6 is 0 Å². The lowest BCUT2D eigenvalue weighted by molar-refractivity contribution is 0.0947. The molecule has 0 bridgehead atoms. The molecule has 1 aromatic heterocycles. The zero-order chi connectivity index (χ0) is 20.8. The summed E-state index contributed by atoms with van der Waals surface area (Å²) in [5, 5.41) is 7.00. The molecule has 0 radical (unpaired) electrons. The number of amides is 1. The highest BCUT2D eigenvalue weighted by atomic mass is 16.5. The van der Waals surface area contributed by atoms with Gasteiger partial charge in [-0.15, -0.1) is 0 Å². The van der Waals surface area contributed by atoms with E-state index in [1.165, 1.54) is 31.2 Å². The van der Waals surface area contributed by atoms with Crippen molar-refractivity contribution in [1.29, 1.82) is 0 Å². The summed E-state index contributed by atoms with van der Waals surface area (Å²) in [5.41, 5.74) is 4.61. The molecule has 2 aromatic carbocycles. The summed E-state index contributed by atoms with van der Waals surface area (Å²) in [6, 6.07) is 17.6. The Morgan fingerprint density at radius 1 is 1.10 bits per heavy atom. The third-order valence-electron chi connectivity index (χ3n) is 5.56. The molecular formula is C26H26N2O2. The molecule has 1 N–H and O–H groups in total. The van der Waals surface area contributed by atoms with Gasteiger partial charge in [0.25, 0.3) is 5.91 Å². The Bertz CT molecular complexity index is 1050. The Morgan fingerprint density at radius 2 is 1.83 bits per heavy atom. The first-order valence-corrected chi connectivity index (χ1v) is 10.7. The fourth-order valence-electron chi connectivity index (χ4n) is 3.67. The molecule has 1 saturated carbocycles. The third kappa shape index (κ3) is 4.99. The van der Waals surface area contributed by atoms with Crippen LogP contribution in [0.15, 0.2) is 59.1 Å². The second-order valence-corrected chi connectivity index (χ2v) is 7.74. The molecule has 1 heterocycles. The van der Waals surface area contributed by atoms with Gasteiger partial charge in [-0.1, -0.05) is 61.0 Å². The first-order chi connectivity index (χ1) is 14.7. The van der Waals surface area contributed by atoms with Crippen LogP contribution in [0.1, 0.15) is 59.9 Å². The van der Waals surface area contributed by atoms with Crippen LogP contribution in [-0.2, 0) is 13.0 Å². The fraction of sp³-hybridized carbons (Fsp3) is 0.308. The number of carbonyl (C=O) groups excluding carboxylic acids is 1. The van der Waals surface area contributed by atoms with Crippen LogP contribution in [0.25, 0.3) is 11.3 Å². The van der Waals surface area contributed by atoms with E-state index >= 15 is 0 Å². The molecule has 0 spiro atoms. The highest BCUT2D eigenvalue weighted by molar-refractivity contribution is 5.94. The van der Waals surface area contributed by atoms with Gasteiger partial charge in [0.2, 0.25) is 0 Å². The molecule has 1 fully saturated rings. The predicted octanol–water partition coefficient (Wildman–Crippen LogP) is 5.38. The largest absolute Gasteiger partial charge is 0.359 e. The zero-order valence-electron chi connectivity index (χ0n) is 17.3. The molecule has 0 aliphatic heterocycles.